The predicted octanol–water partition coefficient (Wildman–Crippen LogP) is -0.0694. The molecule has 10 heavy (non-hydrogen) atoms. The molecule has 0 saturated carbocycles. The third-order valence-corrected chi connectivity index (χ3v) is 1.55. The first kappa shape index (κ1) is 5.47. The van der Waals surface area contributed by atoms with Crippen molar-refractivity contribution in [2.75, 3.05) is 0 Å². The highest BCUT2D eigenvalue weighted by atomic mass is 14.8. The van der Waals surface area contributed by atoms with Gasteiger partial charge in [-0.25, -0.2) is 4.98 Å². The second-order valence-corrected chi connectivity index (χ2v) is 2.24. The monoisotopic (exact) mass is 132 g/mol. The molecule has 0 amide bonds. The number of hydrogen-bond donors (Lipinski definition) is 1. The Bertz CT molecular complexity index is 357. The third-order valence-electron chi connectivity index (χ3n) is 1.55. The lowest BCUT2D eigenvalue weighted by Crippen LogP contribution is -2.23. The fraction of sp³-hybridized carbons (Fsp3) is 0.125. The second-order valence-electron chi connectivity index (χ2n) is 2.24. The third kappa shape index (κ3) is 0.778. The van der Waals surface area contributed by atoms with E-state index in [2.05, 4.69) is 22.1 Å². The highest BCUT2D eigenvalue weighted by Crippen LogP contribution is 1.85. The number of H-pyrrole nitrogens is 1. The maximum Gasteiger partial charge on any atom is 0.0931 e. The molecule has 1 N–H and O–H groups in total. The van der Waals surface area contributed by atoms with Crippen LogP contribution in [0.1, 0.15) is 6.42 Å². The van der Waals surface area contributed by atoms with Crippen LogP contribution in [0.4, 0.5) is 0 Å². The summed E-state index contributed by atoms with van der Waals surface area (Å²) in [5, 5.41) is 2.17. The topological polar surface area (TPSA) is 28.7 Å². The average Bonchev–Trinajstić information content (AvgIpc) is 2.28. The molecule has 1 aliphatic carbocycles. The Kier molecular flexibility index (Phi) is 1.17. The lowest BCUT2D eigenvalue weighted by Gasteiger charge is -1.72. The van der Waals surface area contributed by atoms with Crippen molar-refractivity contribution in [1.82, 2.24) is 9.97 Å². The minimum Gasteiger partial charge on any atom is -0.345 e. The van der Waals surface area contributed by atoms with E-state index >= 15 is 0 Å². The lowest BCUT2D eigenvalue weighted by atomic mass is 10.4. The number of nitrogens with one attached hydrogen (secondary N) is 1. The summed E-state index contributed by atoms with van der Waals surface area (Å²) in [5.74, 6) is 0. The van der Waals surface area contributed by atoms with Crippen LogP contribution in [-0.4, -0.2) is 9.97 Å². The molecule has 2 heteroatoms. The summed E-state index contributed by atoms with van der Waals surface area (Å²) in [6, 6.07) is 0. The molecule has 1 aromatic rings. The molecule has 50 valence electrons. The highest BCUT2D eigenvalue weighted by molar-refractivity contribution is 5.40. The molecule has 0 radical (unpaired) electrons. The van der Waals surface area contributed by atoms with Gasteiger partial charge in [-0.2, -0.15) is 0 Å². The quantitative estimate of drug-likeness (QED) is 0.526. The minimum atomic E-state index is 0.981. The van der Waals surface area contributed by atoms with Crippen molar-refractivity contribution in [3.63, 3.8) is 0 Å². The van der Waals surface area contributed by atoms with Crippen molar-refractivity contribution in [2.24, 2.45) is 0 Å². The zero-order valence-corrected chi connectivity index (χ0v) is 5.54. The summed E-state index contributed by atoms with van der Waals surface area (Å²) in [5.41, 5.74) is 0. The van der Waals surface area contributed by atoms with Gasteiger partial charge < -0.3 is 4.98 Å². The molecule has 1 aromatic heterocycles. The summed E-state index contributed by atoms with van der Waals surface area (Å²) in [6.07, 6.45) is 11.0. The smallest absolute Gasteiger partial charge is 0.0931 e. The number of rotatable bonds is 0. The molecule has 1 heterocycles. The number of imidazole rings is 1. The summed E-state index contributed by atoms with van der Waals surface area (Å²) in [7, 11) is 0. The van der Waals surface area contributed by atoms with E-state index in [4.69, 9.17) is 0 Å². The minimum absolute atomic E-state index is 0.981. The van der Waals surface area contributed by atoms with Gasteiger partial charge in [0.1, 0.15) is 0 Å². The van der Waals surface area contributed by atoms with E-state index < -0.39 is 0 Å². The number of allylic oxidation sites excluding steroid dienone is 2. The van der Waals surface area contributed by atoms with Gasteiger partial charge in [0.25, 0.3) is 0 Å². The molecule has 2 rings (SSSR count). The van der Waals surface area contributed by atoms with Crippen molar-refractivity contribution in [2.45, 2.75) is 6.42 Å². The maximum absolute atomic E-state index is 4.13. The van der Waals surface area contributed by atoms with Crippen LogP contribution in [0.2, 0.25) is 0 Å². The standard InChI is InChI=1S/C8H8N2/c1-2-4-7-8(5-3-1)10-6-9-7/h1-2,4-6H,3H2,(H,9,10). The van der Waals surface area contributed by atoms with E-state index in [-0.39, 0.29) is 0 Å². The number of aromatic amines is 1. The first-order chi connectivity index (χ1) is 4.97. The largest absolute Gasteiger partial charge is 0.345 e. The van der Waals surface area contributed by atoms with Crippen LogP contribution in [0.15, 0.2) is 18.5 Å². The second kappa shape index (κ2) is 2.14. The molecule has 2 nitrogen and oxygen atoms in total. The average molecular weight is 132 g/mol. The van der Waals surface area contributed by atoms with E-state index in [9.17, 15) is 0 Å². The van der Waals surface area contributed by atoms with Gasteiger partial charge in [0.2, 0.25) is 0 Å². The van der Waals surface area contributed by atoms with Crippen molar-refractivity contribution in [3.8, 4) is 0 Å². The molecule has 0 spiro atoms. The van der Waals surface area contributed by atoms with E-state index in [1.807, 2.05) is 12.2 Å². The van der Waals surface area contributed by atoms with Gasteiger partial charge >= 0.3 is 0 Å². The van der Waals surface area contributed by atoms with Crippen molar-refractivity contribution >= 4 is 12.2 Å². The Labute approximate surface area is 58.6 Å². The van der Waals surface area contributed by atoms with Crippen LogP contribution in [0, 0.1) is 0 Å². The SMILES string of the molecule is C1=CCC=c2nc[nH]c2=C1. The van der Waals surface area contributed by atoms with Gasteiger partial charge in [0.15, 0.2) is 0 Å². The van der Waals surface area contributed by atoms with Gasteiger partial charge in [-0.1, -0.05) is 18.2 Å². The Hall–Kier alpha value is -1.31. The summed E-state index contributed by atoms with van der Waals surface area (Å²) in [6.45, 7) is 0. The van der Waals surface area contributed by atoms with Gasteiger partial charge in [-0.05, 0) is 12.5 Å². The Morgan fingerprint density at radius 2 is 2.50 bits per heavy atom. The molecule has 0 aromatic carbocycles. The van der Waals surface area contributed by atoms with E-state index in [0.717, 1.165) is 17.1 Å². The Morgan fingerprint density at radius 3 is 3.50 bits per heavy atom. The first-order valence-corrected chi connectivity index (χ1v) is 3.33. The molecule has 0 saturated heterocycles. The van der Waals surface area contributed by atoms with E-state index in [1.54, 1.807) is 6.33 Å². The molecule has 0 fully saturated rings. The highest BCUT2D eigenvalue weighted by Gasteiger charge is 1.87. The number of nitrogens with zero attached hydrogens (tertiary/aromatic N) is 1. The summed E-state index contributed by atoms with van der Waals surface area (Å²) >= 11 is 0. The first-order valence-electron chi connectivity index (χ1n) is 3.33. The molecule has 0 unspecified atom stereocenters. The van der Waals surface area contributed by atoms with Crippen molar-refractivity contribution in [3.05, 3.63) is 29.2 Å². The van der Waals surface area contributed by atoms with Crippen LogP contribution in [0.3, 0.4) is 0 Å². The zero-order valence-electron chi connectivity index (χ0n) is 5.54. The fourth-order valence-corrected chi connectivity index (χ4v) is 1.03. The van der Waals surface area contributed by atoms with Gasteiger partial charge in [-0.3, -0.25) is 0 Å². The molecule has 0 atom stereocenters. The van der Waals surface area contributed by atoms with Gasteiger partial charge in [0, 0.05) is 0 Å². The van der Waals surface area contributed by atoms with Crippen LogP contribution < -0.4 is 10.7 Å². The normalized spacial score (nSPS) is 14.8. The zero-order chi connectivity index (χ0) is 6.81. The van der Waals surface area contributed by atoms with Crippen molar-refractivity contribution < 1.29 is 0 Å². The van der Waals surface area contributed by atoms with E-state index in [1.165, 1.54) is 0 Å². The number of hydrogen-bond acceptors (Lipinski definition) is 1. The number of fused-ring (bicyclic) bond motifs is 1. The maximum atomic E-state index is 4.13. The number of aromatic nitrogens is 2. The molecular weight excluding hydrogens is 124 g/mol. The molecule has 0 bridgehead atoms. The van der Waals surface area contributed by atoms with Gasteiger partial charge in [0.05, 0.1) is 17.0 Å². The lowest BCUT2D eigenvalue weighted by molar-refractivity contribution is 1.28. The molecule has 1 aliphatic rings. The summed E-state index contributed by atoms with van der Waals surface area (Å²) < 4.78 is 0. The van der Waals surface area contributed by atoms with Crippen LogP contribution in [-0.2, 0) is 0 Å². The summed E-state index contributed by atoms with van der Waals surface area (Å²) in [4.78, 5) is 7.18. The van der Waals surface area contributed by atoms with Crippen LogP contribution in [0.5, 0.6) is 0 Å². The van der Waals surface area contributed by atoms with Crippen LogP contribution in [0.25, 0.3) is 12.2 Å². The molecule has 0 aliphatic heterocycles. The molecular formula is C8H8N2. The Balaban J connectivity index is 2.82. The predicted molar refractivity (Wildman–Crippen MR) is 40.5 cm³/mol. The fourth-order valence-electron chi connectivity index (χ4n) is 1.03. The Morgan fingerprint density at radius 1 is 1.50 bits per heavy atom. The van der Waals surface area contributed by atoms with Crippen molar-refractivity contribution in [1.29, 1.82) is 0 Å². The van der Waals surface area contributed by atoms with E-state index in [0.29, 0.717) is 0 Å². The van der Waals surface area contributed by atoms with Crippen LogP contribution >= 0.6 is 0 Å². The van der Waals surface area contributed by atoms with Gasteiger partial charge in [-0.15, -0.1) is 0 Å².